The molecule has 3 rings (SSSR count). The molecule has 7 heteroatoms. The Bertz CT molecular complexity index is 1010. The number of carbonyl (C=O) groups excluding carboxylic acids is 1. The van der Waals surface area contributed by atoms with Crippen molar-refractivity contribution in [3.05, 3.63) is 87.7 Å². The lowest BCUT2D eigenvalue weighted by Gasteiger charge is -2.07. The molecular formula is C20H16BrN3O3. The van der Waals surface area contributed by atoms with Gasteiger partial charge in [0, 0.05) is 28.9 Å². The summed E-state index contributed by atoms with van der Waals surface area (Å²) in [5.41, 5.74) is 4.88. The third kappa shape index (κ3) is 4.92. The number of rotatable bonds is 5. The zero-order chi connectivity index (χ0) is 19.2. The van der Waals surface area contributed by atoms with Crippen LogP contribution in [0.25, 0.3) is 0 Å². The molecule has 27 heavy (non-hydrogen) atoms. The van der Waals surface area contributed by atoms with Crippen molar-refractivity contribution in [3.8, 4) is 11.5 Å². The van der Waals surface area contributed by atoms with Gasteiger partial charge < -0.3 is 10.2 Å². The maximum absolute atomic E-state index is 12.0. The molecule has 0 saturated heterocycles. The number of hydrogen-bond donors (Lipinski definition) is 3. The maximum Gasteiger partial charge on any atom is 0.272 e. The predicted molar refractivity (Wildman–Crippen MR) is 106 cm³/mol. The molecule has 2 aromatic carbocycles. The Balaban J connectivity index is 1.72. The van der Waals surface area contributed by atoms with Crippen LogP contribution >= 0.6 is 15.9 Å². The standard InChI is InChI=1S/C20H16BrN3O3/c21-17-9-16(10-22-12-17)20(27)24-23-11-15-8-13(5-6-19(15)26)7-14-3-1-2-4-18(14)25/h1-6,8-12,25-26H,7H2,(H,24,27). The second kappa shape index (κ2) is 8.46. The minimum Gasteiger partial charge on any atom is -0.508 e. The fourth-order valence-electron chi connectivity index (χ4n) is 2.46. The first-order valence-electron chi connectivity index (χ1n) is 8.05. The Labute approximate surface area is 164 Å². The molecule has 1 aromatic heterocycles. The van der Waals surface area contributed by atoms with E-state index in [4.69, 9.17) is 0 Å². The molecule has 3 N–H and O–H groups in total. The summed E-state index contributed by atoms with van der Waals surface area (Å²) in [6.45, 7) is 0. The molecule has 0 saturated carbocycles. The van der Waals surface area contributed by atoms with Gasteiger partial charge in [0.25, 0.3) is 5.91 Å². The third-order valence-electron chi connectivity index (χ3n) is 3.81. The molecular weight excluding hydrogens is 410 g/mol. The summed E-state index contributed by atoms with van der Waals surface area (Å²) in [6, 6.07) is 13.8. The fraction of sp³-hybridized carbons (Fsp3) is 0.0500. The van der Waals surface area contributed by atoms with E-state index >= 15 is 0 Å². The van der Waals surface area contributed by atoms with Gasteiger partial charge in [0.2, 0.25) is 0 Å². The summed E-state index contributed by atoms with van der Waals surface area (Å²) >= 11 is 3.25. The van der Waals surface area contributed by atoms with Crippen LogP contribution in [0.2, 0.25) is 0 Å². The predicted octanol–water partition coefficient (Wildman–Crippen LogP) is 3.61. The summed E-state index contributed by atoms with van der Waals surface area (Å²) < 4.78 is 0.689. The molecule has 0 aliphatic heterocycles. The largest absolute Gasteiger partial charge is 0.508 e. The van der Waals surface area contributed by atoms with Gasteiger partial charge in [-0.1, -0.05) is 24.3 Å². The SMILES string of the molecule is O=C(NN=Cc1cc(Cc2ccccc2O)ccc1O)c1cncc(Br)c1. The Morgan fingerprint density at radius 3 is 2.70 bits per heavy atom. The van der Waals surface area contributed by atoms with Crippen LogP contribution in [0.5, 0.6) is 11.5 Å². The van der Waals surface area contributed by atoms with Crippen molar-refractivity contribution >= 4 is 28.1 Å². The Kier molecular flexibility index (Phi) is 5.83. The summed E-state index contributed by atoms with van der Waals surface area (Å²) in [4.78, 5) is 16.0. The highest BCUT2D eigenvalue weighted by Crippen LogP contribution is 2.23. The van der Waals surface area contributed by atoms with Crippen LogP contribution in [0, 0.1) is 0 Å². The van der Waals surface area contributed by atoms with E-state index < -0.39 is 5.91 Å². The van der Waals surface area contributed by atoms with Crippen molar-refractivity contribution in [2.75, 3.05) is 0 Å². The van der Waals surface area contributed by atoms with Crippen LogP contribution in [0.1, 0.15) is 27.0 Å². The molecule has 0 fully saturated rings. The molecule has 0 atom stereocenters. The van der Waals surface area contributed by atoms with Crippen LogP contribution < -0.4 is 5.43 Å². The van der Waals surface area contributed by atoms with Gasteiger partial charge in [0.1, 0.15) is 11.5 Å². The number of pyridine rings is 1. The molecule has 3 aromatic rings. The number of halogens is 1. The summed E-state index contributed by atoms with van der Waals surface area (Å²) in [6.07, 6.45) is 4.88. The summed E-state index contributed by atoms with van der Waals surface area (Å²) in [5, 5.41) is 23.8. The van der Waals surface area contributed by atoms with E-state index in [0.29, 0.717) is 22.0 Å². The first-order valence-corrected chi connectivity index (χ1v) is 8.85. The van der Waals surface area contributed by atoms with E-state index in [9.17, 15) is 15.0 Å². The van der Waals surface area contributed by atoms with Crippen molar-refractivity contribution in [3.63, 3.8) is 0 Å². The zero-order valence-corrected chi connectivity index (χ0v) is 15.7. The molecule has 0 radical (unpaired) electrons. The smallest absolute Gasteiger partial charge is 0.272 e. The minimum atomic E-state index is -0.412. The van der Waals surface area contributed by atoms with Gasteiger partial charge >= 0.3 is 0 Å². The van der Waals surface area contributed by atoms with Crippen molar-refractivity contribution < 1.29 is 15.0 Å². The molecule has 0 bridgehead atoms. The lowest BCUT2D eigenvalue weighted by molar-refractivity contribution is 0.0954. The highest BCUT2D eigenvalue weighted by Gasteiger charge is 2.07. The molecule has 1 amide bonds. The van der Waals surface area contributed by atoms with E-state index in [-0.39, 0.29) is 11.5 Å². The first kappa shape index (κ1) is 18.6. The average Bonchev–Trinajstić information content (AvgIpc) is 2.66. The van der Waals surface area contributed by atoms with Crippen LogP contribution in [0.15, 0.2) is 70.5 Å². The average molecular weight is 426 g/mol. The van der Waals surface area contributed by atoms with E-state index in [1.807, 2.05) is 12.1 Å². The maximum atomic E-state index is 12.0. The monoisotopic (exact) mass is 425 g/mol. The van der Waals surface area contributed by atoms with Gasteiger partial charge in [0.15, 0.2) is 0 Å². The van der Waals surface area contributed by atoms with Gasteiger partial charge in [-0.2, -0.15) is 5.10 Å². The highest BCUT2D eigenvalue weighted by atomic mass is 79.9. The van der Waals surface area contributed by atoms with Crippen molar-refractivity contribution in [2.45, 2.75) is 6.42 Å². The number of nitrogens with zero attached hydrogens (tertiary/aromatic N) is 2. The number of aromatic nitrogens is 1. The van der Waals surface area contributed by atoms with Gasteiger partial charge in [-0.3, -0.25) is 9.78 Å². The number of hydrogen-bond acceptors (Lipinski definition) is 5. The number of phenolic OH excluding ortho intramolecular Hbond substituents is 2. The minimum absolute atomic E-state index is 0.0400. The third-order valence-corrected chi connectivity index (χ3v) is 4.25. The van der Waals surface area contributed by atoms with Crippen molar-refractivity contribution in [1.29, 1.82) is 0 Å². The highest BCUT2D eigenvalue weighted by molar-refractivity contribution is 9.10. The molecule has 0 aliphatic rings. The molecule has 0 spiro atoms. The van der Waals surface area contributed by atoms with Crippen LogP contribution in [-0.4, -0.2) is 27.3 Å². The van der Waals surface area contributed by atoms with Crippen LogP contribution in [0.4, 0.5) is 0 Å². The topological polar surface area (TPSA) is 94.8 Å². The quantitative estimate of drug-likeness (QED) is 0.429. The van der Waals surface area contributed by atoms with Gasteiger partial charge in [0.05, 0.1) is 11.8 Å². The summed E-state index contributed by atoms with van der Waals surface area (Å²) in [5.74, 6) is -0.154. The van der Waals surface area contributed by atoms with E-state index in [0.717, 1.165) is 11.1 Å². The van der Waals surface area contributed by atoms with Crippen molar-refractivity contribution in [2.24, 2.45) is 5.10 Å². The molecule has 136 valence electrons. The number of carbonyl (C=O) groups is 1. The number of aromatic hydroxyl groups is 2. The molecule has 0 aliphatic carbocycles. The Hall–Kier alpha value is -3.19. The van der Waals surface area contributed by atoms with Gasteiger partial charge in [-0.05, 0) is 51.3 Å². The Morgan fingerprint density at radius 1 is 1.11 bits per heavy atom. The fourth-order valence-corrected chi connectivity index (χ4v) is 2.82. The van der Waals surface area contributed by atoms with Gasteiger partial charge in [-0.25, -0.2) is 5.43 Å². The number of amides is 1. The number of nitrogens with one attached hydrogen (secondary N) is 1. The Morgan fingerprint density at radius 2 is 1.93 bits per heavy atom. The van der Waals surface area contributed by atoms with Gasteiger partial charge in [-0.15, -0.1) is 0 Å². The molecule has 1 heterocycles. The number of benzene rings is 2. The lowest BCUT2D eigenvalue weighted by Crippen LogP contribution is -2.17. The van der Waals surface area contributed by atoms with Crippen LogP contribution in [0.3, 0.4) is 0 Å². The number of hydrazone groups is 1. The number of para-hydroxylation sites is 1. The second-order valence-electron chi connectivity index (χ2n) is 5.79. The first-order chi connectivity index (χ1) is 13.0. The van der Waals surface area contributed by atoms with E-state index in [1.54, 1.807) is 42.6 Å². The number of phenols is 2. The molecule has 6 nitrogen and oxygen atoms in total. The van der Waals surface area contributed by atoms with E-state index in [1.165, 1.54) is 12.4 Å². The second-order valence-corrected chi connectivity index (χ2v) is 6.71. The van der Waals surface area contributed by atoms with Crippen molar-refractivity contribution in [1.82, 2.24) is 10.4 Å². The van der Waals surface area contributed by atoms with E-state index in [2.05, 4.69) is 31.4 Å². The van der Waals surface area contributed by atoms with Crippen LogP contribution in [-0.2, 0) is 6.42 Å². The zero-order valence-electron chi connectivity index (χ0n) is 14.1. The normalized spacial score (nSPS) is 10.9. The molecule has 0 unspecified atom stereocenters. The lowest BCUT2D eigenvalue weighted by atomic mass is 10.0. The summed E-state index contributed by atoms with van der Waals surface area (Å²) in [7, 11) is 0.